The Bertz CT molecular complexity index is 859. The van der Waals surface area contributed by atoms with Gasteiger partial charge in [0.15, 0.2) is 0 Å². The molecule has 1 amide bonds. The Morgan fingerprint density at radius 3 is 2.50 bits per heavy atom. The highest BCUT2D eigenvalue weighted by atomic mass is 32.1. The Hall–Kier alpha value is -2.60. The molecule has 1 atom stereocenters. The summed E-state index contributed by atoms with van der Waals surface area (Å²) in [5.74, 6) is 0.292. The fraction of sp³-hybridized carbons (Fsp3) is 0.300. The number of nitrogens with zero attached hydrogens (tertiary/aromatic N) is 3. The van der Waals surface area contributed by atoms with Crippen LogP contribution in [0, 0.1) is 0 Å². The topological polar surface area (TPSA) is 67.8 Å². The maximum Gasteiger partial charge on any atom is 0.251 e. The molecular weight excluding hydrogens is 344 g/mol. The summed E-state index contributed by atoms with van der Waals surface area (Å²) in [6.07, 6.45) is 4.32. The van der Waals surface area contributed by atoms with Crippen molar-refractivity contribution in [1.82, 2.24) is 20.5 Å². The first-order valence-corrected chi connectivity index (χ1v) is 9.48. The highest BCUT2D eigenvalue weighted by Crippen LogP contribution is 2.27. The number of nitrogens with one attached hydrogen (secondary N) is 1. The number of amides is 1. The van der Waals surface area contributed by atoms with Crippen molar-refractivity contribution in [3.63, 3.8) is 0 Å². The van der Waals surface area contributed by atoms with Gasteiger partial charge in [0.25, 0.3) is 5.91 Å². The zero-order valence-corrected chi connectivity index (χ0v) is 16.0. The molecule has 26 heavy (non-hydrogen) atoms. The highest BCUT2D eigenvalue weighted by molar-refractivity contribution is 7.14. The molecule has 0 fully saturated rings. The van der Waals surface area contributed by atoms with Gasteiger partial charge >= 0.3 is 0 Å². The van der Waals surface area contributed by atoms with Gasteiger partial charge in [0.05, 0.1) is 0 Å². The zero-order valence-electron chi connectivity index (χ0n) is 15.1. The van der Waals surface area contributed by atoms with Gasteiger partial charge in [-0.25, -0.2) is 0 Å². The van der Waals surface area contributed by atoms with Crippen molar-refractivity contribution in [2.24, 2.45) is 0 Å². The fourth-order valence-electron chi connectivity index (χ4n) is 2.58. The first-order valence-electron chi connectivity index (χ1n) is 8.66. The molecule has 0 radical (unpaired) electrons. The molecule has 5 nitrogen and oxygen atoms in total. The summed E-state index contributed by atoms with van der Waals surface area (Å²) < 4.78 is 0. The lowest BCUT2D eigenvalue weighted by Gasteiger charge is -2.14. The van der Waals surface area contributed by atoms with Crippen LogP contribution in [0.25, 0.3) is 10.6 Å². The molecule has 134 valence electrons. The van der Waals surface area contributed by atoms with Crippen LogP contribution in [0.1, 0.15) is 47.6 Å². The molecule has 0 aliphatic carbocycles. The van der Waals surface area contributed by atoms with Crippen LogP contribution in [-0.4, -0.2) is 27.1 Å². The van der Waals surface area contributed by atoms with Gasteiger partial charge in [0.2, 0.25) is 0 Å². The molecule has 1 N–H and O–H groups in total. The van der Waals surface area contributed by atoms with Crippen LogP contribution in [0.5, 0.6) is 0 Å². The van der Waals surface area contributed by atoms with Crippen molar-refractivity contribution in [3.05, 3.63) is 64.9 Å². The molecule has 1 aromatic carbocycles. The molecule has 0 bridgehead atoms. The number of carbonyl (C=O) groups is 1. The number of hydrogen-bond acceptors (Lipinski definition) is 5. The van der Waals surface area contributed by atoms with Crippen LogP contribution in [0.3, 0.4) is 0 Å². The fourth-order valence-corrected chi connectivity index (χ4v) is 3.43. The molecule has 3 aromatic rings. The average molecular weight is 366 g/mol. The first-order chi connectivity index (χ1) is 12.5. The normalized spacial score (nSPS) is 12.2. The molecule has 0 saturated heterocycles. The largest absolute Gasteiger partial charge is 0.349 e. The predicted octanol–water partition coefficient (Wildman–Crippen LogP) is 4.08. The number of carbonyl (C=O) groups excluding carboxylic acids is 1. The SMILES string of the molecule is CC(C)c1nnc(-c2ccc(C(=O)N[C@@H](C)Cc3cccnc3)cc2)s1. The molecule has 0 saturated carbocycles. The minimum absolute atomic E-state index is 0.0307. The number of pyridine rings is 1. The van der Waals surface area contributed by atoms with E-state index in [2.05, 4.69) is 34.3 Å². The van der Waals surface area contributed by atoms with E-state index in [0.29, 0.717) is 11.5 Å². The van der Waals surface area contributed by atoms with Crippen LogP contribution < -0.4 is 5.32 Å². The van der Waals surface area contributed by atoms with E-state index < -0.39 is 0 Å². The second-order valence-corrected chi connectivity index (χ2v) is 7.63. The van der Waals surface area contributed by atoms with Gasteiger partial charge in [0, 0.05) is 35.5 Å². The van der Waals surface area contributed by atoms with Gasteiger partial charge in [-0.05, 0) is 37.1 Å². The molecule has 0 aliphatic heterocycles. The Morgan fingerprint density at radius 1 is 1.12 bits per heavy atom. The first kappa shape index (κ1) is 18.2. The molecular formula is C20H22N4OS. The van der Waals surface area contributed by atoms with Crippen LogP contribution in [0.15, 0.2) is 48.8 Å². The summed E-state index contributed by atoms with van der Waals surface area (Å²) in [6.45, 7) is 6.20. The van der Waals surface area contributed by atoms with E-state index in [-0.39, 0.29) is 11.9 Å². The summed E-state index contributed by atoms with van der Waals surface area (Å²) in [6, 6.07) is 11.5. The van der Waals surface area contributed by atoms with Crippen LogP contribution in [0.2, 0.25) is 0 Å². The molecule has 6 heteroatoms. The van der Waals surface area contributed by atoms with E-state index in [0.717, 1.165) is 27.6 Å². The predicted molar refractivity (Wildman–Crippen MR) is 104 cm³/mol. The minimum atomic E-state index is -0.0759. The van der Waals surface area contributed by atoms with E-state index >= 15 is 0 Å². The lowest BCUT2D eigenvalue weighted by atomic mass is 10.1. The highest BCUT2D eigenvalue weighted by Gasteiger charge is 2.13. The number of hydrogen-bond donors (Lipinski definition) is 1. The van der Waals surface area contributed by atoms with Gasteiger partial charge in [0.1, 0.15) is 10.0 Å². The van der Waals surface area contributed by atoms with E-state index in [1.807, 2.05) is 49.5 Å². The van der Waals surface area contributed by atoms with E-state index in [9.17, 15) is 4.79 Å². The maximum absolute atomic E-state index is 12.4. The Balaban J connectivity index is 1.63. The third-order valence-electron chi connectivity index (χ3n) is 3.97. The molecule has 0 unspecified atom stereocenters. The summed E-state index contributed by atoms with van der Waals surface area (Å²) in [5, 5.41) is 13.4. The standard InChI is InChI=1S/C20H22N4OS/c1-13(2)19-23-24-20(26-19)17-8-6-16(7-9-17)18(25)22-14(3)11-15-5-4-10-21-12-15/h4-10,12-14H,11H2,1-3H3,(H,22,25)/t14-/m0/s1. The quantitative estimate of drug-likeness (QED) is 0.714. The van der Waals surface area contributed by atoms with Crippen molar-refractivity contribution >= 4 is 17.2 Å². The second-order valence-electron chi connectivity index (χ2n) is 6.62. The van der Waals surface area contributed by atoms with E-state index in [4.69, 9.17) is 0 Å². The van der Waals surface area contributed by atoms with Crippen molar-refractivity contribution in [3.8, 4) is 10.6 Å². The van der Waals surface area contributed by atoms with Gasteiger partial charge in [-0.3, -0.25) is 9.78 Å². The minimum Gasteiger partial charge on any atom is -0.349 e. The maximum atomic E-state index is 12.4. The molecule has 3 rings (SSSR count). The molecule has 2 heterocycles. The van der Waals surface area contributed by atoms with Gasteiger partial charge < -0.3 is 5.32 Å². The van der Waals surface area contributed by atoms with Gasteiger partial charge in [-0.2, -0.15) is 0 Å². The molecule has 0 aliphatic rings. The van der Waals surface area contributed by atoms with Crippen LogP contribution >= 0.6 is 11.3 Å². The van der Waals surface area contributed by atoms with E-state index in [1.54, 1.807) is 17.5 Å². The van der Waals surface area contributed by atoms with Crippen molar-refractivity contribution in [2.45, 2.75) is 39.2 Å². The monoisotopic (exact) mass is 366 g/mol. The van der Waals surface area contributed by atoms with Crippen molar-refractivity contribution in [2.75, 3.05) is 0 Å². The average Bonchev–Trinajstić information content (AvgIpc) is 3.13. The summed E-state index contributed by atoms with van der Waals surface area (Å²) >= 11 is 1.59. The molecule has 0 spiro atoms. The Kier molecular flexibility index (Phi) is 5.73. The second kappa shape index (κ2) is 8.19. The summed E-state index contributed by atoms with van der Waals surface area (Å²) in [5.41, 5.74) is 2.72. The number of rotatable bonds is 6. The number of aromatic nitrogens is 3. The van der Waals surface area contributed by atoms with Crippen LogP contribution in [0.4, 0.5) is 0 Å². The molecule has 2 aromatic heterocycles. The summed E-state index contributed by atoms with van der Waals surface area (Å²) in [4.78, 5) is 16.5. The zero-order chi connectivity index (χ0) is 18.5. The van der Waals surface area contributed by atoms with E-state index in [1.165, 1.54) is 0 Å². The van der Waals surface area contributed by atoms with Crippen LogP contribution in [-0.2, 0) is 6.42 Å². The summed E-state index contributed by atoms with van der Waals surface area (Å²) in [7, 11) is 0. The van der Waals surface area contributed by atoms with Gasteiger partial charge in [-0.15, -0.1) is 10.2 Å². The lowest BCUT2D eigenvalue weighted by Crippen LogP contribution is -2.34. The Labute approximate surface area is 157 Å². The van der Waals surface area contributed by atoms with Crippen molar-refractivity contribution in [1.29, 1.82) is 0 Å². The third kappa shape index (κ3) is 4.52. The Morgan fingerprint density at radius 2 is 1.88 bits per heavy atom. The number of benzene rings is 1. The smallest absolute Gasteiger partial charge is 0.251 e. The third-order valence-corrected chi connectivity index (χ3v) is 5.24. The van der Waals surface area contributed by atoms with Crippen molar-refractivity contribution < 1.29 is 4.79 Å². The lowest BCUT2D eigenvalue weighted by molar-refractivity contribution is 0.0940. The van der Waals surface area contributed by atoms with Gasteiger partial charge in [-0.1, -0.05) is 43.4 Å².